The van der Waals surface area contributed by atoms with Crippen LogP contribution in [0.1, 0.15) is 62.7 Å². The van der Waals surface area contributed by atoms with Crippen LogP contribution in [0.2, 0.25) is 0 Å². The molecule has 1 aromatic heterocycles. The maximum absolute atomic E-state index is 12.3. The first kappa shape index (κ1) is 24.1. The van der Waals surface area contributed by atoms with E-state index < -0.39 is 0 Å². The third kappa shape index (κ3) is 5.54. The van der Waals surface area contributed by atoms with E-state index in [1.807, 2.05) is 18.2 Å². The molecule has 2 heterocycles. The Labute approximate surface area is 201 Å². The molecule has 0 N–H and O–H groups in total. The highest BCUT2D eigenvalue weighted by atomic mass is 16.5. The lowest BCUT2D eigenvalue weighted by Crippen LogP contribution is -2.31. The number of nitrogens with zero attached hydrogens (tertiary/aromatic N) is 2. The van der Waals surface area contributed by atoms with Gasteiger partial charge < -0.3 is 14.1 Å². The largest absolute Gasteiger partial charge is 0.497 e. The number of carbonyl (C=O) groups is 1. The molecule has 0 bridgehead atoms. The summed E-state index contributed by atoms with van der Waals surface area (Å²) in [5, 5.41) is 0. The Balaban J connectivity index is 1.28. The summed E-state index contributed by atoms with van der Waals surface area (Å²) < 4.78 is 12.4. The van der Waals surface area contributed by atoms with Gasteiger partial charge in [-0.2, -0.15) is 0 Å². The van der Waals surface area contributed by atoms with E-state index in [0.717, 1.165) is 43.1 Å². The number of carbonyl (C=O) groups excluding carboxylic acids is 1. The van der Waals surface area contributed by atoms with E-state index >= 15 is 0 Å². The Bertz CT molecular complexity index is 1160. The third-order valence-electron chi connectivity index (χ3n) is 7.38. The first-order chi connectivity index (χ1) is 16.5. The standard InChI is InChI=1S/C28H36N2O4/c1-20-15-18-29(24-10-12-25(33-3)13-11-24)16-6-8-22(20)7-4-5-17-30-26-14-9-23(21(2)31)19-27(26)34-28(30)32/h9-14,19-20,22H,4-8,15-18H2,1-3H3. The number of fused-ring (bicyclic) bond motifs is 1. The number of benzene rings is 2. The van der Waals surface area contributed by atoms with Crippen LogP contribution in [0.3, 0.4) is 0 Å². The molecular weight excluding hydrogens is 428 g/mol. The molecule has 2 aromatic carbocycles. The fourth-order valence-electron chi connectivity index (χ4n) is 5.19. The summed E-state index contributed by atoms with van der Waals surface area (Å²) in [7, 11) is 1.70. The number of anilines is 1. The molecule has 0 radical (unpaired) electrons. The van der Waals surface area contributed by atoms with Crippen molar-refractivity contribution in [2.24, 2.45) is 11.8 Å². The molecular formula is C28H36N2O4. The zero-order valence-corrected chi connectivity index (χ0v) is 20.6. The first-order valence-corrected chi connectivity index (χ1v) is 12.5. The van der Waals surface area contributed by atoms with Gasteiger partial charge in [-0.05, 0) is 86.9 Å². The monoisotopic (exact) mass is 464 g/mol. The van der Waals surface area contributed by atoms with Crippen molar-refractivity contribution >= 4 is 22.6 Å². The molecule has 1 fully saturated rings. The molecule has 6 nitrogen and oxygen atoms in total. The van der Waals surface area contributed by atoms with E-state index in [9.17, 15) is 9.59 Å². The van der Waals surface area contributed by atoms with Gasteiger partial charge in [-0.15, -0.1) is 0 Å². The number of ketones is 1. The lowest BCUT2D eigenvalue weighted by Gasteiger charge is -2.33. The lowest BCUT2D eigenvalue weighted by molar-refractivity contribution is 0.101. The van der Waals surface area contributed by atoms with Gasteiger partial charge in [-0.3, -0.25) is 9.36 Å². The molecule has 1 aliphatic heterocycles. The number of aromatic nitrogens is 1. The number of aryl methyl sites for hydroxylation is 1. The highest BCUT2D eigenvalue weighted by Crippen LogP contribution is 2.30. The van der Waals surface area contributed by atoms with Gasteiger partial charge in [0.2, 0.25) is 0 Å². The van der Waals surface area contributed by atoms with E-state index in [4.69, 9.17) is 9.15 Å². The zero-order valence-electron chi connectivity index (χ0n) is 20.6. The summed E-state index contributed by atoms with van der Waals surface area (Å²) in [4.78, 5) is 26.4. The molecule has 182 valence electrons. The number of ether oxygens (including phenoxy) is 1. The predicted molar refractivity (Wildman–Crippen MR) is 136 cm³/mol. The molecule has 4 rings (SSSR count). The summed E-state index contributed by atoms with van der Waals surface area (Å²) in [5.41, 5.74) is 3.11. The number of unbranched alkanes of at least 4 members (excludes halogenated alkanes) is 1. The van der Waals surface area contributed by atoms with Crippen molar-refractivity contribution < 1.29 is 13.9 Å². The van der Waals surface area contributed by atoms with Gasteiger partial charge in [-0.25, -0.2) is 4.79 Å². The maximum atomic E-state index is 12.3. The molecule has 0 saturated carbocycles. The minimum absolute atomic E-state index is 0.0299. The van der Waals surface area contributed by atoms with Crippen LogP contribution in [0.15, 0.2) is 51.7 Å². The van der Waals surface area contributed by atoms with Crippen LogP contribution >= 0.6 is 0 Å². The van der Waals surface area contributed by atoms with Crippen molar-refractivity contribution in [1.29, 1.82) is 0 Å². The summed E-state index contributed by atoms with van der Waals surface area (Å²) in [6.45, 7) is 6.74. The van der Waals surface area contributed by atoms with Crippen LogP contribution in [0.25, 0.3) is 11.1 Å². The Hall–Kier alpha value is -3.02. The predicted octanol–water partition coefficient (Wildman–Crippen LogP) is 5.92. The normalized spacial score (nSPS) is 19.1. The minimum Gasteiger partial charge on any atom is -0.497 e. The van der Waals surface area contributed by atoms with E-state index in [-0.39, 0.29) is 11.5 Å². The zero-order chi connectivity index (χ0) is 24.1. The van der Waals surface area contributed by atoms with Crippen molar-refractivity contribution in [3.8, 4) is 5.75 Å². The Kier molecular flexibility index (Phi) is 7.76. The van der Waals surface area contributed by atoms with E-state index in [2.05, 4.69) is 24.0 Å². The SMILES string of the molecule is COc1ccc(N2CCCC(CCCCn3c(=O)oc4cc(C(C)=O)ccc43)C(C)CC2)cc1. The number of oxazole rings is 1. The Morgan fingerprint density at radius 2 is 1.88 bits per heavy atom. The average Bonchev–Trinajstić information content (AvgIpc) is 3.15. The van der Waals surface area contributed by atoms with Gasteiger partial charge in [-0.1, -0.05) is 19.8 Å². The van der Waals surface area contributed by atoms with Crippen molar-refractivity contribution in [1.82, 2.24) is 4.57 Å². The van der Waals surface area contributed by atoms with Gasteiger partial charge in [0.1, 0.15) is 5.75 Å². The minimum atomic E-state index is -0.339. The Morgan fingerprint density at radius 3 is 2.62 bits per heavy atom. The molecule has 1 aliphatic rings. The van der Waals surface area contributed by atoms with Gasteiger partial charge >= 0.3 is 5.76 Å². The van der Waals surface area contributed by atoms with Crippen LogP contribution in [0.4, 0.5) is 5.69 Å². The summed E-state index contributed by atoms with van der Waals surface area (Å²) in [6, 6.07) is 13.6. The highest BCUT2D eigenvalue weighted by Gasteiger charge is 2.21. The smallest absolute Gasteiger partial charge is 0.419 e. The second-order valence-electron chi connectivity index (χ2n) is 9.61. The number of methoxy groups -OCH3 is 1. The van der Waals surface area contributed by atoms with Crippen molar-refractivity contribution in [2.75, 3.05) is 25.1 Å². The molecule has 34 heavy (non-hydrogen) atoms. The fraction of sp³-hybridized carbons (Fsp3) is 0.500. The second-order valence-corrected chi connectivity index (χ2v) is 9.61. The number of Topliss-reactive ketones (excluding diaryl/α,β-unsaturated/α-hetero) is 1. The van der Waals surface area contributed by atoms with Crippen LogP contribution in [0, 0.1) is 11.8 Å². The number of rotatable bonds is 8. The van der Waals surface area contributed by atoms with Gasteiger partial charge in [0, 0.05) is 30.9 Å². The maximum Gasteiger partial charge on any atom is 0.419 e. The molecule has 6 heteroatoms. The van der Waals surface area contributed by atoms with E-state index in [0.29, 0.717) is 23.6 Å². The molecule has 1 saturated heterocycles. The van der Waals surface area contributed by atoms with Crippen molar-refractivity contribution in [3.63, 3.8) is 0 Å². The Morgan fingerprint density at radius 1 is 1.09 bits per heavy atom. The molecule has 3 aromatic rings. The number of hydrogen-bond acceptors (Lipinski definition) is 5. The van der Waals surface area contributed by atoms with Crippen LogP contribution in [-0.2, 0) is 6.54 Å². The molecule has 0 amide bonds. The van der Waals surface area contributed by atoms with Crippen LogP contribution in [0.5, 0.6) is 5.75 Å². The quantitative estimate of drug-likeness (QED) is 0.306. The average molecular weight is 465 g/mol. The molecule has 0 aliphatic carbocycles. The summed E-state index contributed by atoms with van der Waals surface area (Å²) in [5.74, 6) is 1.94. The molecule has 2 unspecified atom stereocenters. The van der Waals surface area contributed by atoms with Crippen LogP contribution < -0.4 is 15.4 Å². The van der Waals surface area contributed by atoms with Crippen molar-refractivity contribution in [3.05, 3.63) is 58.6 Å². The van der Waals surface area contributed by atoms with E-state index in [1.165, 1.54) is 38.3 Å². The fourth-order valence-corrected chi connectivity index (χ4v) is 5.19. The summed E-state index contributed by atoms with van der Waals surface area (Å²) in [6.07, 6.45) is 6.89. The highest BCUT2D eigenvalue weighted by molar-refractivity contribution is 5.96. The summed E-state index contributed by atoms with van der Waals surface area (Å²) >= 11 is 0. The van der Waals surface area contributed by atoms with Crippen LogP contribution in [-0.4, -0.2) is 30.5 Å². The number of hydrogen-bond donors (Lipinski definition) is 0. The molecule has 2 atom stereocenters. The molecule has 0 spiro atoms. The van der Waals surface area contributed by atoms with Crippen molar-refractivity contribution in [2.45, 2.75) is 58.9 Å². The third-order valence-corrected chi connectivity index (χ3v) is 7.38. The second kappa shape index (κ2) is 10.9. The topological polar surface area (TPSA) is 64.7 Å². The van der Waals surface area contributed by atoms with Gasteiger partial charge in [0.25, 0.3) is 0 Å². The van der Waals surface area contributed by atoms with Gasteiger partial charge in [0.15, 0.2) is 11.4 Å². The van der Waals surface area contributed by atoms with Gasteiger partial charge in [0.05, 0.1) is 12.6 Å². The lowest BCUT2D eigenvalue weighted by atomic mass is 9.82. The first-order valence-electron chi connectivity index (χ1n) is 12.5. The van der Waals surface area contributed by atoms with E-state index in [1.54, 1.807) is 23.8 Å².